The second kappa shape index (κ2) is 10.1. The van der Waals surface area contributed by atoms with Gasteiger partial charge in [0.2, 0.25) is 0 Å². The van der Waals surface area contributed by atoms with Crippen LogP contribution in [0.25, 0.3) is 0 Å². The third kappa shape index (κ3) is 5.68. The largest absolute Gasteiger partial charge is 0.489 e. The van der Waals surface area contributed by atoms with Crippen molar-refractivity contribution in [1.82, 2.24) is 0 Å². The van der Waals surface area contributed by atoms with Crippen LogP contribution in [0.1, 0.15) is 22.8 Å². The summed E-state index contributed by atoms with van der Waals surface area (Å²) in [5.41, 5.74) is 2.80. The molecule has 0 radical (unpaired) electrons. The van der Waals surface area contributed by atoms with E-state index in [-0.39, 0.29) is 6.61 Å². The Balaban J connectivity index is 1.60. The predicted molar refractivity (Wildman–Crippen MR) is 111 cm³/mol. The summed E-state index contributed by atoms with van der Waals surface area (Å²) >= 11 is 3.42. The van der Waals surface area contributed by atoms with E-state index in [9.17, 15) is 4.79 Å². The van der Waals surface area contributed by atoms with Crippen molar-refractivity contribution in [2.45, 2.75) is 19.3 Å². The van der Waals surface area contributed by atoms with E-state index in [0.717, 1.165) is 26.9 Å². The summed E-state index contributed by atoms with van der Waals surface area (Å²) in [6, 6.07) is 25.1. The summed E-state index contributed by atoms with van der Waals surface area (Å²) in [5, 5.41) is 0. The van der Waals surface area contributed by atoms with Crippen LogP contribution in [0, 0.1) is 0 Å². The number of carbonyl (C=O) groups excluding carboxylic acids is 1. The molecular formula is C23H21BrO4. The van der Waals surface area contributed by atoms with E-state index in [4.69, 9.17) is 14.2 Å². The fourth-order valence-electron chi connectivity index (χ4n) is 2.68. The summed E-state index contributed by atoms with van der Waals surface area (Å²) in [4.78, 5) is 12.1. The van der Waals surface area contributed by atoms with E-state index < -0.39 is 12.1 Å². The smallest absolute Gasteiger partial charge is 0.339 e. The van der Waals surface area contributed by atoms with Crippen LogP contribution in [0.3, 0.4) is 0 Å². The fourth-order valence-corrected chi connectivity index (χ4v) is 3.10. The van der Waals surface area contributed by atoms with Gasteiger partial charge in [-0.05, 0) is 41.0 Å². The molecule has 0 aliphatic heterocycles. The molecule has 0 N–H and O–H groups in total. The summed E-state index contributed by atoms with van der Waals surface area (Å²) < 4.78 is 17.4. The Morgan fingerprint density at radius 3 is 2.29 bits per heavy atom. The molecule has 5 heteroatoms. The molecule has 0 saturated carbocycles. The topological polar surface area (TPSA) is 44.8 Å². The Morgan fingerprint density at radius 2 is 1.61 bits per heavy atom. The van der Waals surface area contributed by atoms with Gasteiger partial charge in [0.1, 0.15) is 12.4 Å². The third-order valence-electron chi connectivity index (χ3n) is 4.16. The minimum atomic E-state index is -0.781. The van der Waals surface area contributed by atoms with Gasteiger partial charge in [0, 0.05) is 4.47 Å². The number of hydrogen-bond donors (Lipinski definition) is 0. The van der Waals surface area contributed by atoms with Gasteiger partial charge in [-0.15, -0.1) is 0 Å². The van der Waals surface area contributed by atoms with Crippen molar-refractivity contribution < 1.29 is 19.0 Å². The van der Waals surface area contributed by atoms with Gasteiger partial charge in [-0.3, -0.25) is 0 Å². The first-order chi connectivity index (χ1) is 13.7. The molecule has 4 nitrogen and oxygen atoms in total. The highest BCUT2D eigenvalue weighted by atomic mass is 79.9. The van der Waals surface area contributed by atoms with E-state index in [1.807, 2.05) is 78.9 Å². The first kappa shape index (κ1) is 20.1. The van der Waals surface area contributed by atoms with Crippen LogP contribution in [0.4, 0.5) is 0 Å². The standard InChI is InChI=1S/C23H21BrO4/c1-26-23(25)22(19-8-5-9-20(24)14-19)28-16-18-10-12-21(13-11-18)27-15-17-6-3-2-4-7-17/h2-14,22H,15-16H2,1H3. The third-order valence-corrected chi connectivity index (χ3v) is 4.65. The van der Waals surface area contributed by atoms with Crippen LogP contribution >= 0.6 is 15.9 Å². The highest BCUT2D eigenvalue weighted by Gasteiger charge is 2.22. The van der Waals surface area contributed by atoms with Crippen LogP contribution in [0.2, 0.25) is 0 Å². The van der Waals surface area contributed by atoms with Gasteiger partial charge < -0.3 is 14.2 Å². The molecule has 1 atom stereocenters. The highest BCUT2D eigenvalue weighted by Crippen LogP contribution is 2.24. The highest BCUT2D eigenvalue weighted by molar-refractivity contribution is 9.10. The van der Waals surface area contributed by atoms with Gasteiger partial charge in [-0.1, -0.05) is 70.5 Å². The first-order valence-electron chi connectivity index (χ1n) is 8.86. The molecule has 28 heavy (non-hydrogen) atoms. The number of ether oxygens (including phenoxy) is 3. The summed E-state index contributed by atoms with van der Waals surface area (Å²) in [6.07, 6.45) is -0.781. The lowest BCUT2D eigenvalue weighted by atomic mass is 10.1. The Hall–Kier alpha value is -2.63. The first-order valence-corrected chi connectivity index (χ1v) is 9.65. The van der Waals surface area contributed by atoms with Crippen LogP contribution in [0.5, 0.6) is 5.75 Å². The Kier molecular flexibility index (Phi) is 7.23. The number of hydrogen-bond acceptors (Lipinski definition) is 4. The second-order valence-electron chi connectivity index (χ2n) is 6.19. The van der Waals surface area contributed by atoms with Crippen molar-refractivity contribution in [2.24, 2.45) is 0 Å². The van der Waals surface area contributed by atoms with Crippen LogP contribution < -0.4 is 4.74 Å². The van der Waals surface area contributed by atoms with Gasteiger partial charge in [0.25, 0.3) is 0 Å². The van der Waals surface area contributed by atoms with Gasteiger partial charge in [0.05, 0.1) is 13.7 Å². The Labute approximate surface area is 173 Å². The van der Waals surface area contributed by atoms with Crippen LogP contribution in [-0.2, 0) is 27.5 Å². The average molecular weight is 441 g/mol. The molecule has 0 amide bonds. The molecule has 0 aliphatic rings. The Bertz CT molecular complexity index is 894. The van der Waals surface area contributed by atoms with E-state index in [1.165, 1.54) is 7.11 Å². The van der Waals surface area contributed by atoms with E-state index in [2.05, 4.69) is 15.9 Å². The van der Waals surface area contributed by atoms with Crippen molar-refractivity contribution in [3.05, 3.63) is 100 Å². The molecular weight excluding hydrogens is 420 g/mol. The molecule has 0 aliphatic carbocycles. The predicted octanol–water partition coefficient (Wildman–Crippen LogP) is 5.46. The minimum absolute atomic E-state index is 0.283. The summed E-state index contributed by atoms with van der Waals surface area (Å²) in [6.45, 7) is 0.801. The molecule has 0 bridgehead atoms. The molecule has 0 heterocycles. The number of halogens is 1. The molecule has 0 aromatic heterocycles. The molecule has 3 aromatic rings. The number of rotatable bonds is 8. The number of esters is 1. The molecule has 1 unspecified atom stereocenters. The van der Waals surface area contributed by atoms with Gasteiger partial charge >= 0.3 is 5.97 Å². The van der Waals surface area contributed by atoms with Gasteiger partial charge in [-0.2, -0.15) is 0 Å². The summed E-state index contributed by atoms with van der Waals surface area (Å²) in [7, 11) is 1.36. The minimum Gasteiger partial charge on any atom is -0.489 e. The Morgan fingerprint density at radius 1 is 0.893 bits per heavy atom. The monoisotopic (exact) mass is 440 g/mol. The zero-order valence-corrected chi connectivity index (χ0v) is 17.1. The van der Waals surface area contributed by atoms with E-state index in [1.54, 1.807) is 0 Å². The van der Waals surface area contributed by atoms with Crippen molar-refractivity contribution >= 4 is 21.9 Å². The maximum Gasteiger partial charge on any atom is 0.339 e. The molecule has 3 rings (SSSR count). The zero-order valence-electron chi connectivity index (χ0n) is 15.5. The van der Waals surface area contributed by atoms with Gasteiger partial charge in [-0.25, -0.2) is 4.79 Å². The van der Waals surface area contributed by atoms with Crippen LogP contribution in [-0.4, -0.2) is 13.1 Å². The lowest BCUT2D eigenvalue weighted by Crippen LogP contribution is -2.17. The quantitative estimate of drug-likeness (QED) is 0.436. The lowest BCUT2D eigenvalue weighted by molar-refractivity contribution is -0.155. The number of benzene rings is 3. The maximum absolute atomic E-state index is 12.1. The molecule has 144 valence electrons. The second-order valence-corrected chi connectivity index (χ2v) is 7.10. The molecule has 0 spiro atoms. The number of carbonyl (C=O) groups is 1. The number of methoxy groups -OCH3 is 1. The van der Waals surface area contributed by atoms with E-state index in [0.29, 0.717) is 6.61 Å². The fraction of sp³-hybridized carbons (Fsp3) is 0.174. The van der Waals surface area contributed by atoms with Crippen molar-refractivity contribution in [3.8, 4) is 5.75 Å². The average Bonchev–Trinajstić information content (AvgIpc) is 2.74. The van der Waals surface area contributed by atoms with Crippen molar-refractivity contribution in [2.75, 3.05) is 7.11 Å². The van der Waals surface area contributed by atoms with E-state index >= 15 is 0 Å². The van der Waals surface area contributed by atoms with Crippen molar-refractivity contribution in [3.63, 3.8) is 0 Å². The van der Waals surface area contributed by atoms with Crippen molar-refractivity contribution in [1.29, 1.82) is 0 Å². The molecule has 0 fully saturated rings. The summed E-state index contributed by atoms with van der Waals surface area (Å²) in [5.74, 6) is 0.352. The SMILES string of the molecule is COC(=O)C(OCc1ccc(OCc2ccccc2)cc1)c1cccc(Br)c1. The zero-order chi connectivity index (χ0) is 19.8. The normalized spacial score (nSPS) is 11.6. The molecule has 3 aromatic carbocycles. The maximum atomic E-state index is 12.1. The lowest BCUT2D eigenvalue weighted by Gasteiger charge is -2.16. The van der Waals surface area contributed by atoms with Crippen LogP contribution in [0.15, 0.2) is 83.3 Å². The molecule has 0 saturated heterocycles. The van der Waals surface area contributed by atoms with Gasteiger partial charge in [0.15, 0.2) is 6.10 Å².